The van der Waals surface area contributed by atoms with Crippen LogP contribution in [0.5, 0.6) is 0 Å². The van der Waals surface area contributed by atoms with Crippen LogP contribution in [0.1, 0.15) is 47.5 Å². The van der Waals surface area contributed by atoms with Gasteiger partial charge in [0, 0.05) is 19.2 Å². The molecular weight excluding hydrogens is 352 g/mol. The second kappa shape index (κ2) is 24.1. The smallest absolute Gasteiger partial charge is 0.330 e. The Morgan fingerprint density at radius 3 is 1.44 bits per heavy atom. The molecule has 27 heavy (non-hydrogen) atoms. The summed E-state index contributed by atoms with van der Waals surface area (Å²) in [4.78, 5) is 34.4. The fraction of sp³-hybridized carbons (Fsp3) is 0.737. The Hall–Kier alpha value is -1.93. The Morgan fingerprint density at radius 1 is 0.852 bits per heavy atom. The van der Waals surface area contributed by atoms with Gasteiger partial charge in [0.25, 0.3) is 0 Å². The van der Waals surface area contributed by atoms with E-state index in [0.29, 0.717) is 45.8 Å². The van der Waals surface area contributed by atoms with Crippen LogP contribution in [0.4, 0.5) is 0 Å². The van der Waals surface area contributed by atoms with Crippen molar-refractivity contribution in [2.75, 3.05) is 46.0 Å². The molecule has 0 aromatic carbocycles. The third kappa shape index (κ3) is 26.4. The lowest BCUT2D eigenvalue weighted by Crippen LogP contribution is -2.29. The largest absolute Gasteiger partial charge is 0.466 e. The Bertz CT molecular complexity index is 366. The Morgan fingerprint density at radius 2 is 1.22 bits per heavy atom. The SMILES string of the molecule is C=CC(=O)OCC.CCN.CCOC(=O)CCN(CC)CCC(=O)OCC. The van der Waals surface area contributed by atoms with E-state index in [2.05, 4.69) is 11.3 Å². The summed E-state index contributed by atoms with van der Waals surface area (Å²) in [6, 6.07) is 0. The maximum atomic E-state index is 11.2. The zero-order chi connectivity index (χ0) is 21.5. The van der Waals surface area contributed by atoms with Crippen LogP contribution in [0.2, 0.25) is 0 Å². The molecule has 0 atom stereocenters. The van der Waals surface area contributed by atoms with E-state index >= 15 is 0 Å². The summed E-state index contributed by atoms with van der Waals surface area (Å²) in [6.07, 6.45) is 1.87. The number of nitrogens with zero attached hydrogens (tertiary/aromatic N) is 1. The molecule has 8 heteroatoms. The molecule has 160 valence electrons. The van der Waals surface area contributed by atoms with Crippen molar-refractivity contribution in [3.63, 3.8) is 0 Å². The first-order valence-electron chi connectivity index (χ1n) is 9.39. The van der Waals surface area contributed by atoms with Gasteiger partial charge >= 0.3 is 17.9 Å². The summed E-state index contributed by atoms with van der Waals surface area (Å²) < 4.78 is 14.1. The summed E-state index contributed by atoms with van der Waals surface area (Å²) in [5.74, 6) is -0.744. The quantitative estimate of drug-likeness (QED) is 0.324. The average Bonchev–Trinajstić information content (AvgIpc) is 2.63. The van der Waals surface area contributed by atoms with Crippen LogP contribution in [0, 0.1) is 0 Å². The van der Waals surface area contributed by atoms with Crippen LogP contribution in [0.15, 0.2) is 12.7 Å². The number of carbonyl (C=O) groups is 3. The van der Waals surface area contributed by atoms with Gasteiger partial charge in [-0.15, -0.1) is 0 Å². The molecule has 0 aromatic heterocycles. The van der Waals surface area contributed by atoms with Crippen LogP contribution in [-0.2, 0) is 28.6 Å². The van der Waals surface area contributed by atoms with Crippen LogP contribution in [-0.4, -0.2) is 68.8 Å². The first-order chi connectivity index (χ1) is 12.9. The van der Waals surface area contributed by atoms with Crippen molar-refractivity contribution in [2.45, 2.75) is 47.5 Å². The molecule has 0 heterocycles. The summed E-state index contributed by atoms with van der Waals surface area (Å²) in [6.45, 7) is 16.5. The molecule has 0 unspecified atom stereocenters. The predicted molar refractivity (Wildman–Crippen MR) is 106 cm³/mol. The molecular formula is C19H38N2O6. The maximum Gasteiger partial charge on any atom is 0.330 e. The summed E-state index contributed by atoms with van der Waals surface area (Å²) in [5.41, 5.74) is 4.85. The van der Waals surface area contributed by atoms with E-state index < -0.39 is 0 Å². The minimum Gasteiger partial charge on any atom is -0.466 e. The summed E-state index contributed by atoms with van der Waals surface area (Å²) in [5, 5.41) is 0. The van der Waals surface area contributed by atoms with Crippen molar-refractivity contribution < 1.29 is 28.6 Å². The number of ether oxygens (including phenoxy) is 3. The van der Waals surface area contributed by atoms with E-state index in [4.69, 9.17) is 15.2 Å². The average molecular weight is 391 g/mol. The summed E-state index contributed by atoms with van der Waals surface area (Å²) in [7, 11) is 0. The van der Waals surface area contributed by atoms with Gasteiger partial charge in [-0.1, -0.05) is 20.4 Å². The van der Waals surface area contributed by atoms with E-state index in [0.717, 1.165) is 19.2 Å². The molecule has 0 saturated carbocycles. The fourth-order valence-electron chi connectivity index (χ4n) is 1.59. The lowest BCUT2D eigenvalue weighted by Gasteiger charge is -2.19. The van der Waals surface area contributed by atoms with Gasteiger partial charge in [-0.25, -0.2) is 4.79 Å². The van der Waals surface area contributed by atoms with Crippen molar-refractivity contribution in [3.05, 3.63) is 12.7 Å². The normalized spacial score (nSPS) is 9.15. The highest BCUT2D eigenvalue weighted by Crippen LogP contribution is 1.97. The van der Waals surface area contributed by atoms with Gasteiger partial charge in [0.2, 0.25) is 0 Å². The van der Waals surface area contributed by atoms with Crippen molar-refractivity contribution in [2.24, 2.45) is 5.73 Å². The maximum absolute atomic E-state index is 11.2. The van der Waals surface area contributed by atoms with Gasteiger partial charge in [0.15, 0.2) is 0 Å². The molecule has 0 aliphatic carbocycles. The number of esters is 3. The van der Waals surface area contributed by atoms with Gasteiger partial charge in [-0.05, 0) is 33.9 Å². The predicted octanol–water partition coefficient (Wildman–Crippen LogP) is 1.92. The minimum absolute atomic E-state index is 0.193. The molecule has 0 rings (SSSR count). The third-order valence-corrected chi connectivity index (χ3v) is 2.78. The second-order valence-electron chi connectivity index (χ2n) is 4.91. The number of carbonyl (C=O) groups excluding carboxylic acids is 3. The molecule has 0 bridgehead atoms. The molecule has 0 spiro atoms. The molecule has 0 amide bonds. The van der Waals surface area contributed by atoms with Crippen molar-refractivity contribution in [1.82, 2.24) is 4.90 Å². The van der Waals surface area contributed by atoms with Crippen LogP contribution < -0.4 is 5.73 Å². The number of rotatable bonds is 11. The number of nitrogens with two attached hydrogens (primary N) is 1. The Labute approximate surface area is 164 Å². The monoisotopic (exact) mass is 390 g/mol. The Balaban J connectivity index is -0.000000476. The highest BCUT2D eigenvalue weighted by molar-refractivity contribution is 5.81. The lowest BCUT2D eigenvalue weighted by atomic mass is 10.3. The van der Waals surface area contributed by atoms with Crippen molar-refractivity contribution in [1.29, 1.82) is 0 Å². The molecule has 8 nitrogen and oxygen atoms in total. The molecule has 2 N–H and O–H groups in total. The van der Waals surface area contributed by atoms with Gasteiger partial charge in [0.05, 0.1) is 32.7 Å². The van der Waals surface area contributed by atoms with E-state index in [-0.39, 0.29) is 17.9 Å². The van der Waals surface area contributed by atoms with Gasteiger partial charge in [-0.3, -0.25) is 9.59 Å². The fourth-order valence-corrected chi connectivity index (χ4v) is 1.59. The highest BCUT2D eigenvalue weighted by Gasteiger charge is 2.09. The Kier molecular flexibility index (Phi) is 26.6. The molecule has 0 fully saturated rings. The first kappa shape index (κ1) is 29.8. The van der Waals surface area contributed by atoms with E-state index in [1.54, 1.807) is 20.8 Å². The first-order valence-corrected chi connectivity index (χ1v) is 9.39. The van der Waals surface area contributed by atoms with E-state index in [1.165, 1.54) is 0 Å². The summed E-state index contributed by atoms with van der Waals surface area (Å²) >= 11 is 0. The zero-order valence-corrected chi connectivity index (χ0v) is 17.6. The standard InChI is InChI=1S/C12H23NO4.C5H8O2.C2H7N/c1-4-13(9-7-11(14)16-5-2)10-8-12(15)17-6-3;1-3-5(6)7-4-2;1-2-3/h4-10H2,1-3H3;3H,1,4H2,2H3;2-3H2,1H3. The highest BCUT2D eigenvalue weighted by atomic mass is 16.5. The van der Waals surface area contributed by atoms with Crippen LogP contribution in [0.25, 0.3) is 0 Å². The van der Waals surface area contributed by atoms with Crippen LogP contribution in [0.3, 0.4) is 0 Å². The van der Waals surface area contributed by atoms with Gasteiger partial charge < -0.3 is 24.8 Å². The van der Waals surface area contributed by atoms with E-state index in [9.17, 15) is 14.4 Å². The molecule has 0 saturated heterocycles. The minimum atomic E-state index is -0.359. The second-order valence-corrected chi connectivity index (χ2v) is 4.91. The number of hydrogen-bond donors (Lipinski definition) is 1. The van der Waals surface area contributed by atoms with Gasteiger partial charge in [-0.2, -0.15) is 0 Å². The molecule has 0 aliphatic rings. The van der Waals surface area contributed by atoms with E-state index in [1.807, 2.05) is 18.7 Å². The molecule has 0 aromatic rings. The van der Waals surface area contributed by atoms with Gasteiger partial charge in [0.1, 0.15) is 0 Å². The van der Waals surface area contributed by atoms with Crippen LogP contribution >= 0.6 is 0 Å². The number of hydrogen-bond acceptors (Lipinski definition) is 8. The lowest BCUT2D eigenvalue weighted by molar-refractivity contribution is -0.143. The topological polar surface area (TPSA) is 108 Å². The molecule has 0 aliphatic heterocycles. The van der Waals surface area contributed by atoms with Crippen molar-refractivity contribution in [3.8, 4) is 0 Å². The third-order valence-electron chi connectivity index (χ3n) is 2.78. The zero-order valence-electron chi connectivity index (χ0n) is 17.6. The molecule has 0 radical (unpaired) electrons. The van der Waals surface area contributed by atoms with Crippen molar-refractivity contribution >= 4 is 17.9 Å².